The normalized spacial score (nSPS) is 22.6. The molecule has 5 heteroatoms. The summed E-state index contributed by atoms with van der Waals surface area (Å²) in [6.45, 7) is 3.89. The fourth-order valence-corrected chi connectivity index (χ4v) is 4.08. The summed E-state index contributed by atoms with van der Waals surface area (Å²) in [7, 11) is 0. The Bertz CT molecular complexity index is 864. The second-order valence-corrected chi connectivity index (χ2v) is 6.93. The molecule has 1 aromatic heterocycles. The van der Waals surface area contributed by atoms with Gasteiger partial charge in [0.25, 0.3) is 0 Å². The predicted molar refractivity (Wildman–Crippen MR) is 99.0 cm³/mol. The zero-order valence-corrected chi connectivity index (χ0v) is 14.0. The van der Waals surface area contributed by atoms with Gasteiger partial charge in [0.1, 0.15) is 5.69 Å². The average Bonchev–Trinajstić information content (AvgIpc) is 3.26. The molecule has 1 saturated heterocycles. The molecule has 5 rings (SSSR count). The lowest BCUT2D eigenvalue weighted by Crippen LogP contribution is -2.42. The Morgan fingerprint density at radius 2 is 1.76 bits per heavy atom. The molecule has 2 atom stereocenters. The van der Waals surface area contributed by atoms with Crippen LogP contribution in [0, 0.1) is 0 Å². The molecule has 0 bridgehead atoms. The van der Waals surface area contributed by atoms with Crippen LogP contribution in [-0.4, -0.2) is 39.0 Å². The van der Waals surface area contributed by atoms with Gasteiger partial charge in [-0.3, -0.25) is 4.90 Å². The van der Waals surface area contributed by atoms with Crippen molar-refractivity contribution in [3.05, 3.63) is 71.9 Å². The highest BCUT2D eigenvalue weighted by Gasteiger charge is 2.39. The molecule has 2 aliphatic rings. The maximum atomic E-state index is 4.52. The summed E-state index contributed by atoms with van der Waals surface area (Å²) in [5.74, 6) is 0. The zero-order chi connectivity index (χ0) is 16.6. The third-order valence-electron chi connectivity index (χ3n) is 5.30. The van der Waals surface area contributed by atoms with Crippen LogP contribution >= 0.6 is 0 Å². The SMILES string of the molecule is [HH].c1ccc(CN2C[C@@H]3NCc4c(-c5ccccc5)nnn4[C@@H]3C2)cc1. The fourth-order valence-electron chi connectivity index (χ4n) is 4.08. The molecule has 0 unspecified atom stereocenters. The monoisotopic (exact) mass is 333 g/mol. The van der Waals surface area contributed by atoms with Crippen molar-refractivity contribution in [2.45, 2.75) is 25.2 Å². The van der Waals surface area contributed by atoms with Gasteiger partial charge in [0, 0.05) is 39.2 Å². The molecule has 2 aliphatic heterocycles. The molecule has 25 heavy (non-hydrogen) atoms. The molecule has 0 saturated carbocycles. The molecule has 0 radical (unpaired) electrons. The van der Waals surface area contributed by atoms with E-state index in [1.165, 1.54) is 11.3 Å². The number of aromatic nitrogens is 3. The van der Waals surface area contributed by atoms with Gasteiger partial charge in [0.05, 0.1) is 11.7 Å². The number of hydrogen-bond acceptors (Lipinski definition) is 4. The van der Waals surface area contributed by atoms with E-state index in [1.807, 2.05) is 6.07 Å². The van der Waals surface area contributed by atoms with Crippen LogP contribution in [0.1, 0.15) is 18.7 Å². The van der Waals surface area contributed by atoms with Gasteiger partial charge in [-0.1, -0.05) is 65.9 Å². The third kappa shape index (κ3) is 2.65. The largest absolute Gasteiger partial charge is 0.305 e. The fraction of sp³-hybridized carbons (Fsp3) is 0.300. The third-order valence-corrected chi connectivity index (χ3v) is 5.30. The van der Waals surface area contributed by atoms with Crippen molar-refractivity contribution >= 4 is 0 Å². The van der Waals surface area contributed by atoms with Crippen LogP contribution < -0.4 is 5.32 Å². The van der Waals surface area contributed by atoms with E-state index < -0.39 is 0 Å². The smallest absolute Gasteiger partial charge is 0.117 e. The molecule has 128 valence electrons. The molecule has 0 amide bonds. The maximum absolute atomic E-state index is 4.52. The highest BCUT2D eigenvalue weighted by atomic mass is 15.5. The van der Waals surface area contributed by atoms with E-state index in [0.29, 0.717) is 12.1 Å². The molecule has 0 spiro atoms. The first kappa shape index (κ1) is 14.8. The zero-order valence-electron chi connectivity index (χ0n) is 14.0. The highest BCUT2D eigenvalue weighted by molar-refractivity contribution is 5.61. The Morgan fingerprint density at radius 3 is 2.56 bits per heavy atom. The van der Waals surface area contributed by atoms with Gasteiger partial charge in [-0.15, -0.1) is 5.10 Å². The van der Waals surface area contributed by atoms with E-state index >= 15 is 0 Å². The van der Waals surface area contributed by atoms with Crippen LogP contribution in [-0.2, 0) is 13.1 Å². The average molecular weight is 333 g/mol. The van der Waals surface area contributed by atoms with Gasteiger partial charge in [-0.05, 0) is 5.56 Å². The van der Waals surface area contributed by atoms with Crippen molar-refractivity contribution < 1.29 is 1.43 Å². The van der Waals surface area contributed by atoms with Crippen LogP contribution in [0.15, 0.2) is 60.7 Å². The topological polar surface area (TPSA) is 46.0 Å². The summed E-state index contributed by atoms with van der Waals surface area (Å²) in [6.07, 6.45) is 0. The van der Waals surface area contributed by atoms with Gasteiger partial charge in [-0.2, -0.15) is 0 Å². The summed E-state index contributed by atoms with van der Waals surface area (Å²) in [4.78, 5) is 2.51. The lowest BCUT2D eigenvalue weighted by atomic mass is 10.1. The molecule has 0 aliphatic carbocycles. The minimum atomic E-state index is 0. The van der Waals surface area contributed by atoms with Crippen molar-refractivity contribution in [2.75, 3.05) is 13.1 Å². The number of fused-ring (bicyclic) bond motifs is 3. The Kier molecular flexibility index (Phi) is 3.61. The molecular weight excluding hydrogens is 310 g/mol. The van der Waals surface area contributed by atoms with Crippen molar-refractivity contribution in [1.82, 2.24) is 25.2 Å². The van der Waals surface area contributed by atoms with E-state index in [4.69, 9.17) is 0 Å². The molecule has 3 aromatic rings. The highest BCUT2D eigenvalue weighted by Crippen LogP contribution is 2.31. The van der Waals surface area contributed by atoms with Crippen molar-refractivity contribution in [2.24, 2.45) is 0 Å². The van der Waals surface area contributed by atoms with E-state index in [9.17, 15) is 0 Å². The van der Waals surface area contributed by atoms with Crippen molar-refractivity contribution in [1.29, 1.82) is 0 Å². The first-order chi connectivity index (χ1) is 12.4. The lowest BCUT2D eigenvalue weighted by Gasteiger charge is -2.27. The number of nitrogens with zero attached hydrogens (tertiary/aromatic N) is 4. The quantitative estimate of drug-likeness (QED) is 0.800. The van der Waals surface area contributed by atoms with Crippen LogP contribution in [0.3, 0.4) is 0 Å². The molecule has 1 fully saturated rings. The van der Waals surface area contributed by atoms with Crippen LogP contribution in [0.5, 0.6) is 0 Å². The van der Waals surface area contributed by atoms with Gasteiger partial charge in [-0.25, -0.2) is 4.68 Å². The molecular formula is C20H23N5. The number of hydrogen-bond donors (Lipinski definition) is 1. The van der Waals surface area contributed by atoms with Crippen LogP contribution in [0.25, 0.3) is 11.3 Å². The first-order valence-corrected chi connectivity index (χ1v) is 8.87. The molecule has 1 N–H and O–H groups in total. The van der Waals surface area contributed by atoms with Crippen LogP contribution in [0.2, 0.25) is 0 Å². The van der Waals surface area contributed by atoms with Crippen LogP contribution in [0.4, 0.5) is 0 Å². The Hall–Kier alpha value is -2.50. The Morgan fingerprint density at radius 1 is 1.00 bits per heavy atom. The summed E-state index contributed by atoms with van der Waals surface area (Å²) in [5, 5.41) is 12.7. The lowest BCUT2D eigenvalue weighted by molar-refractivity contribution is 0.307. The summed E-state index contributed by atoms with van der Waals surface area (Å²) in [6, 6.07) is 21.8. The standard InChI is InChI=1S/C20H21N5.H2/c1-3-7-15(8-4-1)12-24-13-17-19(14-24)25-18(11-21-17)20(22-23-25)16-9-5-2-6-10-16;/h1-10,17,19,21H,11-14H2;1H/t17-,19+;/m0./s1. The number of benzene rings is 2. The second kappa shape index (κ2) is 6.10. The maximum Gasteiger partial charge on any atom is 0.117 e. The van der Waals surface area contributed by atoms with Crippen molar-refractivity contribution in [3.8, 4) is 11.3 Å². The minimum Gasteiger partial charge on any atom is -0.305 e. The predicted octanol–water partition coefficient (Wildman–Crippen LogP) is 2.72. The van der Waals surface area contributed by atoms with E-state index in [2.05, 4.69) is 79.8 Å². The van der Waals surface area contributed by atoms with E-state index in [0.717, 1.165) is 37.4 Å². The summed E-state index contributed by atoms with van der Waals surface area (Å²) >= 11 is 0. The van der Waals surface area contributed by atoms with E-state index in [1.54, 1.807) is 0 Å². The van der Waals surface area contributed by atoms with Crippen molar-refractivity contribution in [3.63, 3.8) is 0 Å². The van der Waals surface area contributed by atoms with Gasteiger partial charge in [0.15, 0.2) is 0 Å². The Labute approximate surface area is 148 Å². The number of likely N-dealkylation sites (tertiary alicyclic amines) is 1. The molecule has 2 aromatic carbocycles. The summed E-state index contributed by atoms with van der Waals surface area (Å²) < 4.78 is 2.16. The van der Waals surface area contributed by atoms with Gasteiger partial charge in [0.2, 0.25) is 0 Å². The summed E-state index contributed by atoms with van der Waals surface area (Å²) in [5.41, 5.74) is 4.72. The minimum absolute atomic E-state index is 0. The molecule has 5 nitrogen and oxygen atoms in total. The Balaban J connectivity index is 0.00000168. The number of rotatable bonds is 3. The van der Waals surface area contributed by atoms with E-state index in [-0.39, 0.29) is 1.43 Å². The first-order valence-electron chi connectivity index (χ1n) is 8.87. The second-order valence-electron chi connectivity index (χ2n) is 6.93. The van der Waals surface area contributed by atoms with Gasteiger partial charge >= 0.3 is 0 Å². The number of nitrogens with one attached hydrogen (secondary N) is 1. The molecule has 3 heterocycles. The van der Waals surface area contributed by atoms with Gasteiger partial charge < -0.3 is 5.32 Å².